The fraction of sp³-hybridized carbons (Fsp3) is 0.235. The second kappa shape index (κ2) is 14.1. The molecular formula is C34H35FN2O2. The molecule has 4 aromatic rings. The number of amides is 2. The highest BCUT2D eigenvalue weighted by atomic mass is 19.1. The summed E-state index contributed by atoms with van der Waals surface area (Å²) in [5, 5.41) is 2.98. The van der Waals surface area contributed by atoms with Crippen LogP contribution in [0.1, 0.15) is 47.9 Å². The van der Waals surface area contributed by atoms with Crippen LogP contribution >= 0.6 is 0 Å². The normalized spacial score (nSPS) is 11.7. The highest BCUT2D eigenvalue weighted by Crippen LogP contribution is 2.30. The fourth-order valence-corrected chi connectivity index (χ4v) is 4.82. The van der Waals surface area contributed by atoms with Gasteiger partial charge in [-0.2, -0.15) is 0 Å². The Bertz CT molecular complexity index is 1290. The molecule has 0 unspecified atom stereocenters. The van der Waals surface area contributed by atoms with Crippen LogP contribution < -0.4 is 5.32 Å². The van der Waals surface area contributed by atoms with Gasteiger partial charge in [0, 0.05) is 37.4 Å². The molecule has 0 aliphatic rings. The topological polar surface area (TPSA) is 49.4 Å². The Morgan fingerprint density at radius 2 is 1.31 bits per heavy atom. The van der Waals surface area contributed by atoms with Gasteiger partial charge >= 0.3 is 0 Å². The average Bonchev–Trinajstić information content (AvgIpc) is 2.98. The maximum absolute atomic E-state index is 14.9. The quantitative estimate of drug-likeness (QED) is 0.230. The van der Waals surface area contributed by atoms with E-state index in [-0.39, 0.29) is 30.7 Å². The van der Waals surface area contributed by atoms with Crippen molar-refractivity contribution in [3.8, 4) is 0 Å². The molecule has 0 aliphatic heterocycles. The first-order valence-corrected chi connectivity index (χ1v) is 13.5. The Labute approximate surface area is 230 Å². The number of rotatable bonds is 12. The number of carbonyl (C=O) groups excluding carboxylic acids is 2. The van der Waals surface area contributed by atoms with Crippen molar-refractivity contribution in [1.82, 2.24) is 10.2 Å². The number of carbonyl (C=O) groups is 2. The van der Waals surface area contributed by atoms with Gasteiger partial charge in [-0.25, -0.2) is 4.39 Å². The maximum Gasteiger partial charge on any atom is 0.243 e. The van der Waals surface area contributed by atoms with E-state index in [4.69, 9.17) is 0 Å². The zero-order valence-corrected chi connectivity index (χ0v) is 22.3. The minimum atomic E-state index is -0.793. The molecule has 0 saturated heterocycles. The number of nitrogens with zero attached hydrogens (tertiary/aromatic N) is 1. The van der Waals surface area contributed by atoms with Crippen LogP contribution in [-0.4, -0.2) is 29.3 Å². The van der Waals surface area contributed by atoms with Crippen LogP contribution in [0.25, 0.3) is 0 Å². The number of hydrogen-bond acceptors (Lipinski definition) is 2. The molecule has 200 valence electrons. The van der Waals surface area contributed by atoms with E-state index in [2.05, 4.69) is 5.32 Å². The summed E-state index contributed by atoms with van der Waals surface area (Å²) in [6, 6.07) is 35.1. The zero-order chi connectivity index (χ0) is 27.5. The van der Waals surface area contributed by atoms with Crippen molar-refractivity contribution in [2.75, 3.05) is 6.54 Å². The summed E-state index contributed by atoms with van der Waals surface area (Å²) >= 11 is 0. The molecular weight excluding hydrogens is 487 g/mol. The Kier molecular flexibility index (Phi) is 10.0. The molecule has 4 aromatic carbocycles. The standard InChI is InChI=1S/C34H35FN2O2/c1-2-22-36-34(39)32(23-26-14-6-3-7-15-26)37(25-29-20-12-13-21-31(29)35)33(38)24-30(27-16-8-4-9-17-27)28-18-10-5-11-19-28/h3-21,30,32H,2,22-25H2,1H3,(H,36,39)/t32-/m1/s1. The lowest BCUT2D eigenvalue weighted by Crippen LogP contribution is -2.51. The van der Waals surface area contributed by atoms with Crippen LogP contribution in [-0.2, 0) is 22.6 Å². The Morgan fingerprint density at radius 1 is 0.769 bits per heavy atom. The van der Waals surface area contributed by atoms with Crippen LogP contribution in [0.15, 0.2) is 115 Å². The predicted molar refractivity (Wildman–Crippen MR) is 154 cm³/mol. The van der Waals surface area contributed by atoms with Gasteiger partial charge in [0.25, 0.3) is 0 Å². The molecule has 0 fully saturated rings. The third-order valence-corrected chi connectivity index (χ3v) is 6.90. The summed E-state index contributed by atoms with van der Waals surface area (Å²) in [6.45, 7) is 2.49. The third kappa shape index (κ3) is 7.64. The Balaban J connectivity index is 1.73. The fourth-order valence-electron chi connectivity index (χ4n) is 4.82. The van der Waals surface area contributed by atoms with E-state index < -0.39 is 11.9 Å². The molecule has 0 spiro atoms. The monoisotopic (exact) mass is 522 g/mol. The number of benzene rings is 4. The molecule has 0 heterocycles. The van der Waals surface area contributed by atoms with Crippen LogP contribution in [0.2, 0.25) is 0 Å². The minimum Gasteiger partial charge on any atom is -0.354 e. The van der Waals surface area contributed by atoms with E-state index in [1.165, 1.54) is 6.07 Å². The molecule has 1 N–H and O–H groups in total. The first-order valence-electron chi connectivity index (χ1n) is 13.5. The van der Waals surface area contributed by atoms with Crippen LogP contribution in [0.3, 0.4) is 0 Å². The largest absolute Gasteiger partial charge is 0.354 e. The van der Waals surface area contributed by atoms with E-state index >= 15 is 0 Å². The van der Waals surface area contributed by atoms with Gasteiger partial charge in [-0.15, -0.1) is 0 Å². The molecule has 0 aliphatic carbocycles. The molecule has 0 aromatic heterocycles. The summed E-state index contributed by atoms with van der Waals surface area (Å²) < 4.78 is 14.9. The van der Waals surface area contributed by atoms with E-state index in [0.717, 1.165) is 23.1 Å². The highest BCUT2D eigenvalue weighted by Gasteiger charge is 2.32. The smallest absolute Gasteiger partial charge is 0.243 e. The van der Waals surface area contributed by atoms with Crippen molar-refractivity contribution in [3.63, 3.8) is 0 Å². The molecule has 39 heavy (non-hydrogen) atoms. The van der Waals surface area contributed by atoms with Gasteiger partial charge in [0.2, 0.25) is 11.8 Å². The van der Waals surface area contributed by atoms with Crippen molar-refractivity contribution in [1.29, 1.82) is 0 Å². The van der Waals surface area contributed by atoms with Gasteiger partial charge in [0.15, 0.2) is 0 Å². The molecule has 0 saturated carbocycles. The first-order chi connectivity index (χ1) is 19.1. The van der Waals surface area contributed by atoms with Gasteiger partial charge in [0.1, 0.15) is 11.9 Å². The van der Waals surface area contributed by atoms with Crippen molar-refractivity contribution < 1.29 is 14.0 Å². The van der Waals surface area contributed by atoms with Gasteiger partial charge in [0.05, 0.1) is 0 Å². The molecule has 5 heteroatoms. The lowest BCUT2D eigenvalue weighted by molar-refractivity contribution is -0.141. The lowest BCUT2D eigenvalue weighted by Gasteiger charge is -2.33. The molecule has 2 amide bonds. The van der Waals surface area contributed by atoms with Gasteiger partial charge in [-0.1, -0.05) is 116 Å². The summed E-state index contributed by atoms with van der Waals surface area (Å²) in [5.74, 6) is -1.05. The van der Waals surface area contributed by atoms with Crippen LogP contribution in [0, 0.1) is 5.82 Å². The van der Waals surface area contributed by atoms with Gasteiger partial charge < -0.3 is 10.2 Å². The summed E-state index contributed by atoms with van der Waals surface area (Å²) in [7, 11) is 0. The lowest BCUT2D eigenvalue weighted by atomic mass is 9.87. The Hall–Kier alpha value is -4.25. The second-order valence-electron chi connectivity index (χ2n) is 9.69. The SMILES string of the molecule is CCCNC(=O)[C@@H](Cc1ccccc1)N(Cc1ccccc1F)C(=O)CC(c1ccccc1)c1ccccc1. The highest BCUT2D eigenvalue weighted by molar-refractivity contribution is 5.88. The first kappa shape index (κ1) is 27.8. The maximum atomic E-state index is 14.9. The van der Waals surface area contributed by atoms with E-state index in [9.17, 15) is 14.0 Å². The van der Waals surface area contributed by atoms with Gasteiger partial charge in [-0.05, 0) is 29.2 Å². The number of halogens is 1. The average molecular weight is 523 g/mol. The predicted octanol–water partition coefficient (Wildman–Crippen LogP) is 6.51. The van der Waals surface area contributed by atoms with E-state index in [1.807, 2.05) is 97.9 Å². The molecule has 0 radical (unpaired) electrons. The van der Waals surface area contributed by atoms with Crippen molar-refractivity contribution >= 4 is 11.8 Å². The number of nitrogens with one attached hydrogen (secondary N) is 1. The molecule has 1 atom stereocenters. The molecule has 4 nitrogen and oxygen atoms in total. The van der Waals surface area contributed by atoms with Gasteiger partial charge in [-0.3, -0.25) is 9.59 Å². The summed E-state index contributed by atoms with van der Waals surface area (Å²) in [6.07, 6.45) is 1.25. The number of hydrogen-bond donors (Lipinski definition) is 1. The van der Waals surface area contributed by atoms with Crippen molar-refractivity contribution in [3.05, 3.63) is 143 Å². The van der Waals surface area contributed by atoms with Crippen molar-refractivity contribution in [2.45, 2.75) is 44.7 Å². The van der Waals surface area contributed by atoms with Crippen LogP contribution in [0.4, 0.5) is 4.39 Å². The summed E-state index contributed by atoms with van der Waals surface area (Å²) in [5.41, 5.74) is 3.34. The van der Waals surface area contributed by atoms with Crippen molar-refractivity contribution in [2.24, 2.45) is 0 Å². The van der Waals surface area contributed by atoms with E-state index in [0.29, 0.717) is 18.5 Å². The van der Waals surface area contributed by atoms with E-state index in [1.54, 1.807) is 23.1 Å². The second-order valence-corrected chi connectivity index (χ2v) is 9.69. The minimum absolute atomic E-state index is 0.00114. The molecule has 4 rings (SSSR count). The molecule has 0 bridgehead atoms. The Morgan fingerprint density at radius 3 is 1.87 bits per heavy atom. The zero-order valence-electron chi connectivity index (χ0n) is 22.3. The third-order valence-electron chi connectivity index (χ3n) is 6.90. The summed E-state index contributed by atoms with van der Waals surface area (Å²) in [4.78, 5) is 29.4. The van der Waals surface area contributed by atoms with Crippen LogP contribution in [0.5, 0.6) is 0 Å².